The van der Waals surface area contributed by atoms with E-state index in [9.17, 15) is 9.59 Å². The number of methoxy groups -OCH3 is 1. The SMILES string of the molecule is COc1ccc(CC(=O)c2ccc(C)o2)c(NC(=O)OC(C)(C)C)c1. The van der Waals surface area contributed by atoms with Crippen LogP contribution < -0.4 is 10.1 Å². The first-order valence-corrected chi connectivity index (χ1v) is 7.94. The molecule has 6 heteroatoms. The smallest absolute Gasteiger partial charge is 0.412 e. The Hall–Kier alpha value is -2.76. The van der Waals surface area contributed by atoms with Gasteiger partial charge < -0.3 is 13.9 Å². The van der Waals surface area contributed by atoms with E-state index >= 15 is 0 Å². The van der Waals surface area contributed by atoms with Gasteiger partial charge in [-0.1, -0.05) is 6.07 Å². The molecule has 134 valence electrons. The second kappa shape index (κ2) is 7.42. The number of nitrogens with one attached hydrogen (secondary N) is 1. The zero-order valence-electron chi connectivity index (χ0n) is 15.1. The monoisotopic (exact) mass is 345 g/mol. The average Bonchev–Trinajstić information content (AvgIpc) is 2.93. The summed E-state index contributed by atoms with van der Waals surface area (Å²) in [4.78, 5) is 24.4. The number of anilines is 1. The van der Waals surface area contributed by atoms with Gasteiger partial charge in [-0.15, -0.1) is 0 Å². The molecule has 0 saturated heterocycles. The van der Waals surface area contributed by atoms with Gasteiger partial charge in [-0.25, -0.2) is 4.79 Å². The molecule has 0 spiro atoms. The van der Waals surface area contributed by atoms with E-state index in [4.69, 9.17) is 13.9 Å². The lowest BCUT2D eigenvalue weighted by molar-refractivity contribution is 0.0635. The summed E-state index contributed by atoms with van der Waals surface area (Å²) in [5.41, 5.74) is 0.487. The molecule has 25 heavy (non-hydrogen) atoms. The lowest BCUT2D eigenvalue weighted by Crippen LogP contribution is -2.27. The quantitative estimate of drug-likeness (QED) is 0.814. The van der Waals surface area contributed by atoms with Crippen molar-refractivity contribution in [3.05, 3.63) is 47.4 Å². The van der Waals surface area contributed by atoms with E-state index in [2.05, 4.69) is 5.32 Å². The average molecular weight is 345 g/mol. The minimum absolute atomic E-state index is 0.0854. The van der Waals surface area contributed by atoms with Crippen LogP contribution in [-0.4, -0.2) is 24.6 Å². The van der Waals surface area contributed by atoms with E-state index in [0.717, 1.165) is 0 Å². The van der Waals surface area contributed by atoms with Crippen molar-refractivity contribution >= 4 is 17.6 Å². The van der Waals surface area contributed by atoms with Crippen LogP contribution in [-0.2, 0) is 11.2 Å². The standard InChI is InChI=1S/C19H23NO5/c1-12-6-9-17(24-12)16(21)10-13-7-8-14(23-5)11-15(13)20-18(22)25-19(2,3)4/h6-9,11H,10H2,1-5H3,(H,20,22). The van der Waals surface area contributed by atoms with Crippen LogP contribution >= 0.6 is 0 Å². The van der Waals surface area contributed by atoms with Crippen molar-refractivity contribution in [2.24, 2.45) is 0 Å². The summed E-state index contributed by atoms with van der Waals surface area (Å²) in [6.45, 7) is 7.12. The summed E-state index contributed by atoms with van der Waals surface area (Å²) in [5, 5.41) is 2.68. The highest BCUT2D eigenvalue weighted by Crippen LogP contribution is 2.25. The number of benzene rings is 1. The van der Waals surface area contributed by atoms with Gasteiger partial charge in [-0.05, 0) is 51.5 Å². The van der Waals surface area contributed by atoms with Crippen molar-refractivity contribution < 1.29 is 23.5 Å². The molecule has 1 aromatic carbocycles. The van der Waals surface area contributed by atoms with E-state index in [1.54, 1.807) is 58.0 Å². The molecule has 6 nitrogen and oxygen atoms in total. The first kappa shape index (κ1) is 18.6. The molecule has 2 aromatic rings. The lowest BCUT2D eigenvalue weighted by atomic mass is 10.0. The van der Waals surface area contributed by atoms with Crippen LogP contribution in [0.25, 0.3) is 0 Å². The molecule has 0 radical (unpaired) electrons. The highest BCUT2D eigenvalue weighted by atomic mass is 16.6. The number of carbonyl (C=O) groups is 2. The second-order valence-corrected chi connectivity index (χ2v) is 6.66. The first-order valence-electron chi connectivity index (χ1n) is 7.94. The summed E-state index contributed by atoms with van der Waals surface area (Å²) in [6, 6.07) is 8.50. The third-order valence-electron chi connectivity index (χ3n) is 3.32. The van der Waals surface area contributed by atoms with Crippen molar-refractivity contribution in [1.29, 1.82) is 0 Å². The molecular formula is C19H23NO5. The Morgan fingerprint density at radius 2 is 1.88 bits per heavy atom. The molecule has 0 atom stereocenters. The van der Waals surface area contributed by atoms with Crippen molar-refractivity contribution in [1.82, 2.24) is 0 Å². The van der Waals surface area contributed by atoms with Crippen LogP contribution in [0.4, 0.5) is 10.5 Å². The van der Waals surface area contributed by atoms with Crippen LogP contribution in [0.1, 0.15) is 42.6 Å². The maximum atomic E-state index is 12.4. The molecule has 0 aliphatic heterocycles. The van der Waals surface area contributed by atoms with Crippen molar-refractivity contribution in [2.75, 3.05) is 12.4 Å². The van der Waals surface area contributed by atoms with E-state index < -0.39 is 11.7 Å². The highest BCUT2D eigenvalue weighted by Gasteiger charge is 2.19. The number of hydrogen-bond acceptors (Lipinski definition) is 5. The van der Waals surface area contributed by atoms with Gasteiger partial charge in [0.15, 0.2) is 5.76 Å². The van der Waals surface area contributed by atoms with Gasteiger partial charge in [-0.3, -0.25) is 10.1 Å². The fourth-order valence-corrected chi connectivity index (χ4v) is 2.21. The molecule has 0 aliphatic carbocycles. The Morgan fingerprint density at radius 3 is 2.44 bits per heavy atom. The van der Waals surface area contributed by atoms with E-state index in [1.165, 1.54) is 7.11 Å². The number of rotatable bonds is 5. The van der Waals surface area contributed by atoms with Crippen LogP contribution in [0.3, 0.4) is 0 Å². The van der Waals surface area contributed by atoms with Gasteiger partial charge >= 0.3 is 6.09 Å². The number of ether oxygens (including phenoxy) is 2. The summed E-state index contributed by atoms with van der Waals surface area (Å²) in [7, 11) is 1.53. The largest absolute Gasteiger partial charge is 0.497 e. The molecule has 2 rings (SSSR count). The maximum Gasteiger partial charge on any atom is 0.412 e. The Morgan fingerprint density at radius 1 is 1.16 bits per heavy atom. The summed E-state index contributed by atoms with van der Waals surface area (Å²) >= 11 is 0. The van der Waals surface area contributed by atoms with E-state index in [0.29, 0.717) is 22.8 Å². The predicted octanol–water partition coefficient (Wildman–Crippen LogP) is 4.37. The molecule has 0 aliphatic rings. The second-order valence-electron chi connectivity index (χ2n) is 6.66. The zero-order chi connectivity index (χ0) is 18.6. The summed E-state index contributed by atoms with van der Waals surface area (Å²) in [5.74, 6) is 1.35. The highest BCUT2D eigenvalue weighted by molar-refractivity contribution is 5.97. The lowest BCUT2D eigenvalue weighted by Gasteiger charge is -2.20. The van der Waals surface area contributed by atoms with Gasteiger partial charge in [0.2, 0.25) is 5.78 Å². The Bertz CT molecular complexity index is 770. The van der Waals surface area contributed by atoms with Gasteiger partial charge in [0, 0.05) is 12.5 Å². The Labute approximate surface area is 147 Å². The number of carbonyl (C=O) groups excluding carboxylic acids is 2. The van der Waals surface area contributed by atoms with Crippen LogP contribution in [0.2, 0.25) is 0 Å². The summed E-state index contributed by atoms with van der Waals surface area (Å²) in [6.07, 6.45) is -0.509. The van der Waals surface area contributed by atoms with Crippen LogP contribution in [0.15, 0.2) is 34.7 Å². The van der Waals surface area contributed by atoms with Gasteiger partial charge in [0.1, 0.15) is 17.1 Å². The molecule has 1 aromatic heterocycles. The minimum atomic E-state index is -0.620. The number of ketones is 1. The predicted molar refractivity (Wildman–Crippen MR) is 94.3 cm³/mol. The van der Waals surface area contributed by atoms with Gasteiger partial charge in [0.25, 0.3) is 0 Å². The Balaban J connectivity index is 2.22. The van der Waals surface area contributed by atoms with Gasteiger partial charge in [0.05, 0.1) is 12.8 Å². The van der Waals surface area contributed by atoms with E-state index in [-0.39, 0.29) is 18.0 Å². The number of hydrogen-bond donors (Lipinski definition) is 1. The Kier molecular flexibility index (Phi) is 5.51. The third-order valence-corrected chi connectivity index (χ3v) is 3.32. The molecule has 0 bridgehead atoms. The van der Waals surface area contributed by atoms with Gasteiger partial charge in [-0.2, -0.15) is 0 Å². The molecule has 0 unspecified atom stereocenters. The van der Waals surface area contributed by atoms with E-state index in [1.807, 2.05) is 0 Å². The first-order chi connectivity index (χ1) is 11.7. The fourth-order valence-electron chi connectivity index (χ4n) is 2.21. The van der Waals surface area contributed by atoms with Crippen molar-refractivity contribution in [3.63, 3.8) is 0 Å². The normalized spacial score (nSPS) is 11.1. The minimum Gasteiger partial charge on any atom is -0.497 e. The molecule has 1 heterocycles. The summed E-state index contributed by atoms with van der Waals surface area (Å²) < 4.78 is 15.8. The third kappa shape index (κ3) is 5.38. The number of amides is 1. The number of Topliss-reactive ketones (excluding diaryl/α,β-unsaturated/α-hetero) is 1. The molecule has 1 amide bonds. The van der Waals surface area contributed by atoms with Crippen LogP contribution in [0, 0.1) is 6.92 Å². The maximum absolute atomic E-state index is 12.4. The van der Waals surface area contributed by atoms with Crippen molar-refractivity contribution in [2.45, 2.75) is 39.7 Å². The zero-order valence-corrected chi connectivity index (χ0v) is 15.1. The van der Waals surface area contributed by atoms with Crippen molar-refractivity contribution in [3.8, 4) is 5.75 Å². The fraction of sp³-hybridized carbons (Fsp3) is 0.368. The molecular weight excluding hydrogens is 322 g/mol. The molecule has 0 saturated carbocycles. The number of aryl methyl sites for hydroxylation is 1. The molecule has 0 fully saturated rings. The number of furan rings is 1. The molecule has 1 N–H and O–H groups in total. The van der Waals surface area contributed by atoms with Crippen LogP contribution in [0.5, 0.6) is 5.75 Å². The topological polar surface area (TPSA) is 77.8 Å².